The fourth-order valence-corrected chi connectivity index (χ4v) is 2.58. The van der Waals surface area contributed by atoms with Gasteiger partial charge in [0.15, 0.2) is 0 Å². The second-order valence-electron chi connectivity index (χ2n) is 5.00. The molecule has 0 saturated heterocycles. The highest BCUT2D eigenvalue weighted by molar-refractivity contribution is 5.59. The van der Waals surface area contributed by atoms with Gasteiger partial charge in [-0.1, -0.05) is 12.8 Å². The van der Waals surface area contributed by atoms with Crippen molar-refractivity contribution in [3.05, 3.63) is 28.6 Å². The summed E-state index contributed by atoms with van der Waals surface area (Å²) in [4.78, 5) is 16.6. The molecule has 0 aromatic carbocycles. The molecule has 104 valence electrons. The predicted molar refractivity (Wildman–Crippen MR) is 74.3 cm³/mol. The molecular formula is C13H20N4O2. The number of pyridine rings is 1. The molecule has 6 heteroatoms. The normalized spacial score (nSPS) is 15.9. The van der Waals surface area contributed by atoms with Gasteiger partial charge in [0.05, 0.1) is 4.92 Å². The van der Waals surface area contributed by atoms with Crippen LogP contribution < -0.4 is 5.32 Å². The molecule has 0 bridgehead atoms. The van der Waals surface area contributed by atoms with Crippen LogP contribution in [0.15, 0.2) is 18.5 Å². The number of rotatable bonds is 6. The van der Waals surface area contributed by atoms with Gasteiger partial charge in [-0.3, -0.25) is 15.1 Å². The van der Waals surface area contributed by atoms with Crippen molar-refractivity contribution in [3.63, 3.8) is 0 Å². The highest BCUT2D eigenvalue weighted by Gasteiger charge is 2.19. The van der Waals surface area contributed by atoms with Gasteiger partial charge in [0.1, 0.15) is 11.9 Å². The second kappa shape index (κ2) is 6.47. The predicted octanol–water partition coefficient (Wildman–Crippen LogP) is 2.28. The van der Waals surface area contributed by atoms with E-state index in [2.05, 4.69) is 22.2 Å². The number of nitrogens with zero attached hydrogens (tertiary/aromatic N) is 3. The van der Waals surface area contributed by atoms with Crippen LogP contribution in [-0.2, 0) is 0 Å². The first-order valence-electron chi connectivity index (χ1n) is 6.71. The van der Waals surface area contributed by atoms with Gasteiger partial charge in [-0.15, -0.1) is 0 Å². The number of hydrogen-bond acceptors (Lipinski definition) is 5. The van der Waals surface area contributed by atoms with Gasteiger partial charge < -0.3 is 10.2 Å². The van der Waals surface area contributed by atoms with E-state index in [9.17, 15) is 10.1 Å². The van der Waals surface area contributed by atoms with E-state index in [0.29, 0.717) is 18.3 Å². The van der Waals surface area contributed by atoms with Crippen molar-refractivity contribution in [1.29, 1.82) is 0 Å². The number of aromatic nitrogens is 1. The molecule has 0 atom stereocenters. The van der Waals surface area contributed by atoms with E-state index in [1.807, 2.05) is 0 Å². The monoisotopic (exact) mass is 264 g/mol. The highest BCUT2D eigenvalue weighted by atomic mass is 16.6. The van der Waals surface area contributed by atoms with Gasteiger partial charge in [0.25, 0.3) is 0 Å². The van der Waals surface area contributed by atoms with Crippen molar-refractivity contribution >= 4 is 11.4 Å². The van der Waals surface area contributed by atoms with Crippen molar-refractivity contribution in [2.24, 2.45) is 0 Å². The van der Waals surface area contributed by atoms with Gasteiger partial charge in [-0.05, 0) is 26.0 Å². The summed E-state index contributed by atoms with van der Waals surface area (Å²) in [5, 5.41) is 14.0. The Morgan fingerprint density at radius 2 is 2.26 bits per heavy atom. The lowest BCUT2D eigenvalue weighted by molar-refractivity contribution is -0.384. The Morgan fingerprint density at radius 3 is 2.95 bits per heavy atom. The summed E-state index contributed by atoms with van der Waals surface area (Å²) in [5.74, 6) is 0. The average Bonchev–Trinajstić information content (AvgIpc) is 2.93. The summed E-state index contributed by atoms with van der Waals surface area (Å²) in [7, 11) is 2.12. The molecule has 1 aromatic rings. The zero-order valence-corrected chi connectivity index (χ0v) is 11.2. The fourth-order valence-electron chi connectivity index (χ4n) is 2.58. The smallest absolute Gasteiger partial charge is 0.310 e. The molecular weight excluding hydrogens is 244 g/mol. The van der Waals surface area contributed by atoms with Crippen LogP contribution in [0.2, 0.25) is 0 Å². The van der Waals surface area contributed by atoms with E-state index in [-0.39, 0.29) is 5.69 Å². The Balaban J connectivity index is 1.83. The summed E-state index contributed by atoms with van der Waals surface area (Å²) in [6, 6.07) is 2.32. The third-order valence-electron chi connectivity index (χ3n) is 3.72. The standard InChI is InChI=1S/C13H20N4O2/c1-16(11-4-2-3-5-11)9-8-15-12-6-7-14-10-13(12)17(18)19/h6-7,10-11H,2-5,8-9H2,1H3,(H,14,15). The Kier molecular flexibility index (Phi) is 4.68. The highest BCUT2D eigenvalue weighted by Crippen LogP contribution is 2.23. The largest absolute Gasteiger partial charge is 0.378 e. The number of hydrogen-bond donors (Lipinski definition) is 1. The molecule has 1 aromatic heterocycles. The van der Waals surface area contributed by atoms with Gasteiger partial charge in [-0.2, -0.15) is 0 Å². The third-order valence-corrected chi connectivity index (χ3v) is 3.72. The van der Waals surface area contributed by atoms with Gasteiger partial charge in [0, 0.05) is 25.3 Å². The van der Waals surface area contributed by atoms with Crippen molar-refractivity contribution < 1.29 is 4.92 Å². The van der Waals surface area contributed by atoms with E-state index in [0.717, 1.165) is 6.54 Å². The molecule has 1 saturated carbocycles. The van der Waals surface area contributed by atoms with E-state index in [4.69, 9.17) is 0 Å². The van der Waals surface area contributed by atoms with Crippen LogP contribution in [0.3, 0.4) is 0 Å². The first-order valence-corrected chi connectivity index (χ1v) is 6.71. The SMILES string of the molecule is CN(CCNc1ccncc1[N+](=O)[O-])C1CCCC1. The zero-order valence-electron chi connectivity index (χ0n) is 11.2. The Hall–Kier alpha value is -1.69. The quantitative estimate of drug-likeness (QED) is 0.630. The van der Waals surface area contributed by atoms with Crippen LogP contribution in [0.25, 0.3) is 0 Å². The maximum absolute atomic E-state index is 10.8. The Labute approximate surface area is 113 Å². The molecule has 1 heterocycles. The minimum absolute atomic E-state index is 0.0334. The maximum Gasteiger partial charge on any atom is 0.310 e. The van der Waals surface area contributed by atoms with E-state index in [1.54, 1.807) is 12.3 Å². The summed E-state index contributed by atoms with van der Waals surface area (Å²) in [6.07, 6.45) is 8.02. The summed E-state index contributed by atoms with van der Waals surface area (Å²) in [5.41, 5.74) is 0.575. The van der Waals surface area contributed by atoms with Crippen LogP contribution in [0.4, 0.5) is 11.4 Å². The minimum atomic E-state index is -0.407. The van der Waals surface area contributed by atoms with Gasteiger partial charge in [-0.25, -0.2) is 0 Å². The van der Waals surface area contributed by atoms with Crippen LogP contribution >= 0.6 is 0 Å². The van der Waals surface area contributed by atoms with Gasteiger partial charge >= 0.3 is 5.69 Å². The zero-order chi connectivity index (χ0) is 13.7. The molecule has 1 aliphatic rings. The number of likely N-dealkylation sites (N-methyl/N-ethyl adjacent to an activating group) is 1. The summed E-state index contributed by atoms with van der Waals surface area (Å²) in [6.45, 7) is 1.60. The number of nitro groups is 1. The van der Waals surface area contributed by atoms with E-state index < -0.39 is 4.92 Å². The Morgan fingerprint density at radius 1 is 1.53 bits per heavy atom. The minimum Gasteiger partial charge on any atom is -0.378 e. The summed E-state index contributed by atoms with van der Waals surface area (Å²) < 4.78 is 0. The molecule has 0 unspecified atom stereocenters. The van der Waals surface area contributed by atoms with Crippen molar-refractivity contribution in [2.45, 2.75) is 31.7 Å². The van der Waals surface area contributed by atoms with Crippen LogP contribution in [0.1, 0.15) is 25.7 Å². The Bertz CT molecular complexity index is 432. The van der Waals surface area contributed by atoms with Crippen molar-refractivity contribution in [1.82, 2.24) is 9.88 Å². The molecule has 0 aliphatic heterocycles. The molecule has 19 heavy (non-hydrogen) atoms. The van der Waals surface area contributed by atoms with Crippen molar-refractivity contribution in [2.75, 3.05) is 25.5 Å². The van der Waals surface area contributed by atoms with Crippen LogP contribution in [0.5, 0.6) is 0 Å². The second-order valence-corrected chi connectivity index (χ2v) is 5.00. The molecule has 6 nitrogen and oxygen atoms in total. The van der Waals surface area contributed by atoms with Crippen LogP contribution in [-0.4, -0.2) is 41.0 Å². The summed E-state index contributed by atoms with van der Waals surface area (Å²) >= 11 is 0. The van der Waals surface area contributed by atoms with E-state index >= 15 is 0 Å². The topological polar surface area (TPSA) is 71.3 Å². The molecule has 0 radical (unpaired) electrons. The number of anilines is 1. The first-order chi connectivity index (χ1) is 9.18. The fraction of sp³-hybridized carbons (Fsp3) is 0.615. The molecule has 1 fully saturated rings. The van der Waals surface area contributed by atoms with Crippen LogP contribution in [0, 0.1) is 10.1 Å². The lowest BCUT2D eigenvalue weighted by atomic mass is 10.2. The molecule has 1 aliphatic carbocycles. The van der Waals surface area contributed by atoms with Crippen molar-refractivity contribution in [3.8, 4) is 0 Å². The molecule has 2 rings (SSSR count). The average molecular weight is 264 g/mol. The lowest BCUT2D eigenvalue weighted by Gasteiger charge is -2.24. The molecule has 0 spiro atoms. The maximum atomic E-state index is 10.8. The third kappa shape index (κ3) is 3.64. The lowest BCUT2D eigenvalue weighted by Crippen LogP contribution is -2.33. The molecule has 0 amide bonds. The van der Waals surface area contributed by atoms with Gasteiger partial charge in [0.2, 0.25) is 0 Å². The van der Waals surface area contributed by atoms with E-state index in [1.165, 1.54) is 31.9 Å². The first kappa shape index (κ1) is 13.7. The number of nitrogens with one attached hydrogen (secondary N) is 1. The molecule has 1 N–H and O–H groups in total.